The number of carboxylic acids is 1. The Kier molecular flexibility index (Phi) is 7.34. The SMILES string of the molecule is CCN(CC)S(=O)(=O)c1cccc(NC(=O)CN2CCC(C(=O)O)CC2)c1. The fourth-order valence-corrected chi connectivity index (χ4v) is 4.69. The molecule has 1 fully saturated rings. The third kappa shape index (κ3) is 5.50. The molecule has 1 aliphatic rings. The van der Waals surface area contributed by atoms with Gasteiger partial charge in [0.1, 0.15) is 0 Å². The minimum Gasteiger partial charge on any atom is -0.481 e. The first-order valence-electron chi connectivity index (χ1n) is 9.13. The number of benzene rings is 1. The van der Waals surface area contributed by atoms with Crippen molar-refractivity contribution < 1.29 is 23.1 Å². The molecule has 8 nitrogen and oxygen atoms in total. The van der Waals surface area contributed by atoms with E-state index in [1.807, 2.05) is 4.90 Å². The zero-order chi connectivity index (χ0) is 20.0. The Morgan fingerprint density at radius 1 is 1.22 bits per heavy atom. The van der Waals surface area contributed by atoms with Crippen LogP contribution in [0.2, 0.25) is 0 Å². The maximum Gasteiger partial charge on any atom is 0.306 e. The lowest BCUT2D eigenvalue weighted by molar-refractivity contribution is -0.143. The number of aliphatic carboxylic acids is 1. The Morgan fingerprint density at radius 2 is 1.85 bits per heavy atom. The predicted octanol–water partition coefficient (Wildman–Crippen LogP) is 1.45. The Hall–Kier alpha value is -1.97. The smallest absolute Gasteiger partial charge is 0.306 e. The van der Waals surface area contributed by atoms with E-state index >= 15 is 0 Å². The van der Waals surface area contributed by atoms with Crippen LogP contribution >= 0.6 is 0 Å². The molecule has 0 unspecified atom stereocenters. The third-order valence-corrected chi connectivity index (χ3v) is 6.81. The van der Waals surface area contributed by atoms with E-state index < -0.39 is 16.0 Å². The van der Waals surface area contributed by atoms with Gasteiger partial charge in [0.25, 0.3) is 0 Å². The molecule has 1 saturated heterocycles. The van der Waals surface area contributed by atoms with E-state index in [2.05, 4.69) is 5.32 Å². The highest BCUT2D eigenvalue weighted by atomic mass is 32.2. The summed E-state index contributed by atoms with van der Waals surface area (Å²) in [6.45, 7) is 5.57. The molecular weight excluding hydrogens is 370 g/mol. The first-order chi connectivity index (χ1) is 12.8. The summed E-state index contributed by atoms with van der Waals surface area (Å²) >= 11 is 0. The van der Waals surface area contributed by atoms with Crippen molar-refractivity contribution in [3.63, 3.8) is 0 Å². The van der Waals surface area contributed by atoms with Crippen molar-refractivity contribution in [2.24, 2.45) is 5.92 Å². The molecule has 0 aromatic heterocycles. The summed E-state index contributed by atoms with van der Waals surface area (Å²) in [7, 11) is -3.58. The van der Waals surface area contributed by atoms with Crippen molar-refractivity contribution in [2.45, 2.75) is 31.6 Å². The number of carbonyl (C=O) groups is 2. The fourth-order valence-electron chi connectivity index (χ4n) is 3.19. The van der Waals surface area contributed by atoms with Gasteiger partial charge in [0.05, 0.1) is 17.4 Å². The van der Waals surface area contributed by atoms with Gasteiger partial charge in [0.2, 0.25) is 15.9 Å². The average Bonchev–Trinajstić information content (AvgIpc) is 2.63. The molecule has 2 rings (SSSR count). The van der Waals surface area contributed by atoms with Gasteiger partial charge in [0, 0.05) is 18.8 Å². The zero-order valence-corrected chi connectivity index (χ0v) is 16.5. The van der Waals surface area contributed by atoms with Crippen LogP contribution in [0.5, 0.6) is 0 Å². The fraction of sp³-hybridized carbons (Fsp3) is 0.556. The molecule has 0 bridgehead atoms. The number of carboxylic acid groups (broad SMARTS) is 1. The van der Waals surface area contributed by atoms with E-state index in [0.29, 0.717) is 44.7 Å². The standard InChI is InChI=1S/C18H27N3O5S/c1-3-21(4-2)27(25,26)16-7-5-6-15(12-16)19-17(22)13-20-10-8-14(9-11-20)18(23)24/h5-7,12,14H,3-4,8-11,13H2,1-2H3,(H,19,22)(H,23,24). The van der Waals surface area contributed by atoms with Crippen LogP contribution in [0.3, 0.4) is 0 Å². The van der Waals surface area contributed by atoms with E-state index in [1.165, 1.54) is 16.4 Å². The molecular formula is C18H27N3O5S. The quantitative estimate of drug-likeness (QED) is 0.688. The number of amides is 1. The van der Waals surface area contributed by atoms with Gasteiger partial charge in [-0.2, -0.15) is 4.31 Å². The molecule has 1 aliphatic heterocycles. The molecule has 0 saturated carbocycles. The second-order valence-corrected chi connectivity index (χ2v) is 8.49. The lowest BCUT2D eigenvalue weighted by atomic mass is 9.97. The van der Waals surface area contributed by atoms with Crippen molar-refractivity contribution in [3.05, 3.63) is 24.3 Å². The Balaban J connectivity index is 1.98. The number of rotatable bonds is 8. The van der Waals surface area contributed by atoms with Crippen molar-refractivity contribution >= 4 is 27.6 Å². The average molecular weight is 397 g/mol. The first kappa shape index (κ1) is 21.3. The Morgan fingerprint density at radius 3 is 2.41 bits per heavy atom. The molecule has 0 spiro atoms. The molecule has 0 radical (unpaired) electrons. The van der Waals surface area contributed by atoms with Crippen LogP contribution in [-0.2, 0) is 19.6 Å². The minimum absolute atomic E-state index is 0.145. The minimum atomic E-state index is -3.58. The number of hydrogen-bond donors (Lipinski definition) is 2. The summed E-state index contributed by atoms with van der Waals surface area (Å²) in [4.78, 5) is 25.3. The number of likely N-dealkylation sites (tertiary alicyclic amines) is 1. The lowest BCUT2D eigenvalue weighted by Crippen LogP contribution is -2.40. The summed E-state index contributed by atoms with van der Waals surface area (Å²) in [5.41, 5.74) is 0.425. The van der Waals surface area contributed by atoms with Gasteiger partial charge >= 0.3 is 5.97 Å². The van der Waals surface area contributed by atoms with Crippen molar-refractivity contribution in [3.8, 4) is 0 Å². The summed E-state index contributed by atoms with van der Waals surface area (Å²) in [6.07, 6.45) is 1.06. The number of hydrogen-bond acceptors (Lipinski definition) is 5. The lowest BCUT2D eigenvalue weighted by Gasteiger charge is -2.29. The molecule has 0 atom stereocenters. The van der Waals surface area contributed by atoms with Crippen LogP contribution in [0, 0.1) is 5.92 Å². The topological polar surface area (TPSA) is 107 Å². The van der Waals surface area contributed by atoms with Crippen LogP contribution in [-0.4, -0.2) is 67.3 Å². The molecule has 150 valence electrons. The highest BCUT2D eigenvalue weighted by molar-refractivity contribution is 7.89. The van der Waals surface area contributed by atoms with E-state index in [-0.39, 0.29) is 23.3 Å². The van der Waals surface area contributed by atoms with Crippen molar-refractivity contribution in [1.82, 2.24) is 9.21 Å². The molecule has 1 amide bonds. The number of sulfonamides is 1. The van der Waals surface area contributed by atoms with Crippen LogP contribution in [0.25, 0.3) is 0 Å². The number of nitrogens with one attached hydrogen (secondary N) is 1. The number of nitrogens with zero attached hydrogens (tertiary/aromatic N) is 2. The molecule has 1 aromatic carbocycles. The summed E-state index contributed by atoms with van der Waals surface area (Å²) < 4.78 is 26.5. The highest BCUT2D eigenvalue weighted by Crippen LogP contribution is 2.20. The summed E-state index contributed by atoms with van der Waals surface area (Å²) in [5.74, 6) is -1.38. The van der Waals surface area contributed by atoms with Crippen LogP contribution < -0.4 is 5.32 Å². The highest BCUT2D eigenvalue weighted by Gasteiger charge is 2.26. The molecule has 0 aliphatic carbocycles. The van der Waals surface area contributed by atoms with E-state index in [1.54, 1.807) is 26.0 Å². The van der Waals surface area contributed by atoms with E-state index in [0.717, 1.165) is 0 Å². The second kappa shape index (κ2) is 9.29. The van der Waals surface area contributed by atoms with Gasteiger partial charge in [-0.1, -0.05) is 19.9 Å². The van der Waals surface area contributed by atoms with Gasteiger partial charge in [0.15, 0.2) is 0 Å². The normalized spacial score (nSPS) is 16.4. The van der Waals surface area contributed by atoms with Gasteiger partial charge in [-0.3, -0.25) is 14.5 Å². The van der Waals surface area contributed by atoms with Crippen LogP contribution in [0.1, 0.15) is 26.7 Å². The Labute approximate surface area is 160 Å². The molecule has 27 heavy (non-hydrogen) atoms. The summed E-state index contributed by atoms with van der Waals surface area (Å²) in [5, 5.41) is 11.7. The monoisotopic (exact) mass is 397 g/mol. The van der Waals surface area contributed by atoms with E-state index in [4.69, 9.17) is 5.11 Å². The van der Waals surface area contributed by atoms with Crippen LogP contribution in [0.15, 0.2) is 29.2 Å². The summed E-state index contributed by atoms with van der Waals surface area (Å²) in [6, 6.07) is 6.22. The van der Waals surface area contributed by atoms with Gasteiger partial charge in [-0.25, -0.2) is 8.42 Å². The molecule has 1 aromatic rings. The van der Waals surface area contributed by atoms with Crippen molar-refractivity contribution in [2.75, 3.05) is 38.0 Å². The van der Waals surface area contributed by atoms with E-state index in [9.17, 15) is 18.0 Å². The second-order valence-electron chi connectivity index (χ2n) is 6.55. The Bertz CT molecular complexity index is 769. The molecule has 1 heterocycles. The number of carbonyl (C=O) groups excluding carboxylic acids is 1. The predicted molar refractivity (Wildman–Crippen MR) is 102 cm³/mol. The van der Waals surface area contributed by atoms with Gasteiger partial charge in [-0.05, 0) is 44.1 Å². The van der Waals surface area contributed by atoms with Gasteiger partial charge < -0.3 is 10.4 Å². The maximum absolute atomic E-state index is 12.6. The first-order valence-corrected chi connectivity index (χ1v) is 10.6. The molecule has 9 heteroatoms. The number of anilines is 1. The van der Waals surface area contributed by atoms with Crippen molar-refractivity contribution in [1.29, 1.82) is 0 Å². The largest absolute Gasteiger partial charge is 0.481 e. The zero-order valence-electron chi connectivity index (χ0n) is 15.7. The third-order valence-electron chi connectivity index (χ3n) is 4.77. The van der Waals surface area contributed by atoms with Gasteiger partial charge in [-0.15, -0.1) is 0 Å². The molecule has 2 N–H and O–H groups in total. The van der Waals surface area contributed by atoms with Crippen LogP contribution in [0.4, 0.5) is 5.69 Å². The number of piperidine rings is 1. The maximum atomic E-state index is 12.6.